The van der Waals surface area contributed by atoms with Crippen molar-refractivity contribution < 1.29 is 33.0 Å². The molecule has 2 atom stereocenters. The minimum atomic E-state index is -1.85. The predicted octanol–water partition coefficient (Wildman–Crippen LogP) is 1.40. The second kappa shape index (κ2) is 8.12. The Kier molecular flexibility index (Phi) is 5.11. The van der Waals surface area contributed by atoms with Gasteiger partial charge in [0.25, 0.3) is 0 Å². The SMILES string of the molecule is O=C(NC1CC1)C1C(=O)c2ccc(S(=O)c3ccc4c(c3)C(=O)C(C(=O)NC3CC3)C4=O)cc2C1=O. The van der Waals surface area contributed by atoms with Crippen LogP contribution in [0.4, 0.5) is 0 Å². The fourth-order valence-electron chi connectivity index (χ4n) is 4.61. The van der Waals surface area contributed by atoms with E-state index >= 15 is 0 Å². The molecule has 2 saturated carbocycles. The van der Waals surface area contributed by atoms with E-state index in [1.807, 2.05) is 0 Å². The van der Waals surface area contributed by atoms with E-state index in [4.69, 9.17) is 0 Å². The molecule has 0 radical (unpaired) electrons. The Morgan fingerprint density at radius 2 is 0.972 bits per heavy atom. The molecule has 0 heterocycles. The molecular weight excluding hydrogens is 484 g/mol. The molecule has 2 unspecified atom stereocenters. The number of Topliss-reactive ketones (excluding diaryl/α,β-unsaturated/α-hetero) is 4. The van der Waals surface area contributed by atoms with Crippen molar-refractivity contribution in [3.63, 3.8) is 0 Å². The highest BCUT2D eigenvalue weighted by atomic mass is 32.2. The first-order valence-electron chi connectivity index (χ1n) is 11.7. The third-order valence-corrected chi connectivity index (χ3v) is 8.26. The van der Waals surface area contributed by atoms with E-state index in [2.05, 4.69) is 10.6 Å². The minimum Gasteiger partial charge on any atom is -0.352 e. The molecule has 182 valence electrons. The third kappa shape index (κ3) is 3.63. The fourth-order valence-corrected chi connectivity index (χ4v) is 5.72. The van der Waals surface area contributed by atoms with Crippen LogP contribution in [-0.4, -0.2) is 51.2 Å². The van der Waals surface area contributed by atoms with Crippen molar-refractivity contribution in [2.75, 3.05) is 0 Å². The predicted molar refractivity (Wildman–Crippen MR) is 124 cm³/mol. The summed E-state index contributed by atoms with van der Waals surface area (Å²) in [5.41, 5.74) is 0.281. The number of hydrogen-bond acceptors (Lipinski definition) is 7. The van der Waals surface area contributed by atoms with E-state index in [1.54, 1.807) is 0 Å². The quantitative estimate of drug-likeness (QED) is 0.566. The van der Waals surface area contributed by atoms with Gasteiger partial charge in [0, 0.05) is 44.1 Å². The molecule has 2 N–H and O–H groups in total. The Hall–Kier alpha value is -3.79. The Balaban J connectivity index is 1.26. The van der Waals surface area contributed by atoms with Gasteiger partial charge in [0.05, 0.1) is 10.8 Å². The van der Waals surface area contributed by atoms with Crippen molar-refractivity contribution >= 4 is 45.7 Å². The highest BCUT2D eigenvalue weighted by Crippen LogP contribution is 2.33. The third-order valence-electron chi connectivity index (χ3n) is 6.89. The molecule has 0 saturated heterocycles. The number of ketones is 4. The summed E-state index contributed by atoms with van der Waals surface area (Å²) in [5.74, 6) is -6.54. The van der Waals surface area contributed by atoms with Gasteiger partial charge in [0.15, 0.2) is 35.0 Å². The lowest BCUT2D eigenvalue weighted by molar-refractivity contribution is -0.123. The molecule has 2 amide bonds. The average Bonchev–Trinajstić information content (AvgIpc) is 3.79. The summed E-state index contributed by atoms with van der Waals surface area (Å²) in [6.45, 7) is 0. The Morgan fingerprint density at radius 1 is 0.611 bits per heavy atom. The number of carbonyl (C=O) groups excluding carboxylic acids is 6. The van der Waals surface area contributed by atoms with Crippen LogP contribution in [0, 0.1) is 11.8 Å². The monoisotopic (exact) mass is 504 g/mol. The molecule has 2 aromatic carbocycles. The Bertz CT molecular complexity index is 1350. The first-order chi connectivity index (χ1) is 17.2. The second-order valence-corrected chi connectivity index (χ2v) is 11.1. The molecule has 0 bridgehead atoms. The van der Waals surface area contributed by atoms with Crippen molar-refractivity contribution in [3.8, 4) is 0 Å². The zero-order valence-electron chi connectivity index (χ0n) is 18.9. The molecule has 36 heavy (non-hydrogen) atoms. The molecule has 2 aromatic rings. The maximum atomic E-state index is 13.3. The summed E-state index contributed by atoms with van der Waals surface area (Å²) in [6.07, 6.45) is 3.27. The highest BCUT2D eigenvalue weighted by molar-refractivity contribution is 7.85. The van der Waals surface area contributed by atoms with Crippen LogP contribution in [0.15, 0.2) is 46.2 Å². The summed E-state index contributed by atoms with van der Waals surface area (Å²) in [7, 11) is -1.85. The van der Waals surface area contributed by atoms with Crippen LogP contribution >= 0.6 is 0 Å². The smallest absolute Gasteiger partial charge is 0.239 e. The molecule has 4 aliphatic carbocycles. The highest BCUT2D eigenvalue weighted by Gasteiger charge is 2.46. The van der Waals surface area contributed by atoms with Crippen molar-refractivity contribution in [1.82, 2.24) is 10.6 Å². The van der Waals surface area contributed by atoms with Gasteiger partial charge in [-0.2, -0.15) is 0 Å². The lowest BCUT2D eigenvalue weighted by atomic mass is 10.0. The van der Waals surface area contributed by atoms with Gasteiger partial charge < -0.3 is 10.6 Å². The van der Waals surface area contributed by atoms with Crippen molar-refractivity contribution in [2.45, 2.75) is 47.6 Å². The van der Waals surface area contributed by atoms with Crippen molar-refractivity contribution in [1.29, 1.82) is 0 Å². The largest absolute Gasteiger partial charge is 0.352 e. The molecule has 0 aromatic heterocycles. The fraction of sp³-hybridized carbons (Fsp3) is 0.308. The van der Waals surface area contributed by atoms with Crippen LogP contribution in [0.3, 0.4) is 0 Å². The average molecular weight is 505 g/mol. The molecule has 6 rings (SSSR count). The van der Waals surface area contributed by atoms with Gasteiger partial charge in [-0.1, -0.05) is 0 Å². The van der Waals surface area contributed by atoms with Gasteiger partial charge >= 0.3 is 0 Å². The lowest BCUT2D eigenvalue weighted by Gasteiger charge is -2.07. The number of carbonyl (C=O) groups is 6. The Labute approximate surface area is 207 Å². The first kappa shape index (κ1) is 22.7. The number of fused-ring (bicyclic) bond motifs is 2. The normalized spacial score (nSPS) is 23.3. The summed E-state index contributed by atoms with van der Waals surface area (Å²) in [6, 6.07) is 8.31. The van der Waals surface area contributed by atoms with Crippen LogP contribution in [0.2, 0.25) is 0 Å². The van der Waals surface area contributed by atoms with Gasteiger partial charge in [0.2, 0.25) is 11.8 Å². The number of hydrogen-bond donors (Lipinski definition) is 2. The molecular formula is C26H20N2O7S. The molecule has 10 heteroatoms. The maximum Gasteiger partial charge on any atom is 0.239 e. The first-order valence-corrected chi connectivity index (χ1v) is 12.9. The van der Waals surface area contributed by atoms with Gasteiger partial charge in [-0.05, 0) is 62.1 Å². The summed E-state index contributed by atoms with van der Waals surface area (Å²) < 4.78 is 13.3. The molecule has 9 nitrogen and oxygen atoms in total. The molecule has 4 aliphatic rings. The van der Waals surface area contributed by atoms with E-state index in [0.717, 1.165) is 25.7 Å². The summed E-state index contributed by atoms with van der Waals surface area (Å²) in [4.78, 5) is 76.4. The number of benzene rings is 2. The van der Waals surface area contributed by atoms with E-state index in [-0.39, 0.29) is 44.1 Å². The van der Waals surface area contributed by atoms with Crippen LogP contribution in [0.1, 0.15) is 67.1 Å². The zero-order valence-corrected chi connectivity index (χ0v) is 19.7. The lowest BCUT2D eigenvalue weighted by Crippen LogP contribution is -2.37. The van der Waals surface area contributed by atoms with Crippen LogP contribution in [0.5, 0.6) is 0 Å². The van der Waals surface area contributed by atoms with Crippen molar-refractivity contribution in [2.24, 2.45) is 11.8 Å². The van der Waals surface area contributed by atoms with Crippen LogP contribution in [-0.2, 0) is 20.4 Å². The van der Waals surface area contributed by atoms with E-state index in [9.17, 15) is 33.0 Å². The minimum absolute atomic E-state index is 0.00124. The van der Waals surface area contributed by atoms with E-state index in [1.165, 1.54) is 36.4 Å². The second-order valence-electron chi connectivity index (χ2n) is 9.57. The van der Waals surface area contributed by atoms with E-state index in [0.29, 0.717) is 0 Å². The van der Waals surface area contributed by atoms with Gasteiger partial charge in [0.1, 0.15) is 0 Å². The molecule has 0 spiro atoms. The van der Waals surface area contributed by atoms with Gasteiger partial charge in [-0.3, -0.25) is 28.8 Å². The van der Waals surface area contributed by atoms with E-state index < -0.39 is 57.6 Å². The summed E-state index contributed by atoms with van der Waals surface area (Å²) in [5, 5.41) is 5.37. The molecule has 0 aliphatic heterocycles. The van der Waals surface area contributed by atoms with Gasteiger partial charge in [-0.15, -0.1) is 0 Å². The number of nitrogens with one attached hydrogen (secondary N) is 2. The van der Waals surface area contributed by atoms with Gasteiger partial charge in [-0.25, -0.2) is 4.21 Å². The molecule has 2 fully saturated rings. The van der Waals surface area contributed by atoms with Crippen LogP contribution in [0.25, 0.3) is 0 Å². The number of rotatable bonds is 6. The maximum absolute atomic E-state index is 13.3. The summed E-state index contributed by atoms with van der Waals surface area (Å²) >= 11 is 0. The Morgan fingerprint density at radius 3 is 1.33 bits per heavy atom. The standard InChI is InChI=1S/C26H20N2O7S/c29-21-15-7-5-13(9-17(15)23(31)19(21)25(33)27-11-1-2-11)36(35)14-6-8-16-18(10-14)24(32)20(22(16)30)26(34)28-12-3-4-12/h5-12,19-20H,1-4H2,(H,27,33)(H,28,34). The van der Waals surface area contributed by atoms with Crippen LogP contribution < -0.4 is 10.6 Å². The van der Waals surface area contributed by atoms with Crippen molar-refractivity contribution in [3.05, 3.63) is 58.7 Å². The topological polar surface area (TPSA) is 144 Å². The zero-order chi connectivity index (χ0) is 25.3. The number of amides is 2.